The fourth-order valence-corrected chi connectivity index (χ4v) is 6.20. The first-order valence-electron chi connectivity index (χ1n) is 22.2. The minimum atomic E-state index is -0.779. The number of rotatable bonds is 40. The Kier molecular flexibility index (Phi) is 41.5. The molecule has 302 valence electrons. The van der Waals surface area contributed by atoms with Gasteiger partial charge in [0.2, 0.25) is 0 Å². The molecule has 1 atom stereocenters. The Morgan fingerprint density at radius 3 is 1.21 bits per heavy atom. The molecule has 5 nitrogen and oxygen atoms in total. The topological polar surface area (TPSA) is 72.8 Å². The summed E-state index contributed by atoms with van der Waals surface area (Å²) in [5, 5.41) is 9.59. The Bertz CT molecular complexity index is 873. The van der Waals surface area contributed by atoms with Gasteiger partial charge in [-0.15, -0.1) is 0 Å². The number of carbonyl (C=O) groups excluding carboxylic acids is 2. The highest BCUT2D eigenvalue weighted by molar-refractivity contribution is 5.70. The highest BCUT2D eigenvalue weighted by Gasteiger charge is 2.16. The molecule has 0 radical (unpaired) electrons. The van der Waals surface area contributed by atoms with E-state index in [1.54, 1.807) is 0 Å². The second-order valence-corrected chi connectivity index (χ2v) is 14.8. The van der Waals surface area contributed by atoms with Crippen LogP contribution in [0.2, 0.25) is 0 Å². The summed E-state index contributed by atoms with van der Waals surface area (Å²) in [6.45, 7) is 4.10. The molecule has 1 unspecified atom stereocenters. The van der Waals surface area contributed by atoms with Crippen LogP contribution >= 0.6 is 0 Å². The second-order valence-electron chi connectivity index (χ2n) is 14.8. The van der Waals surface area contributed by atoms with Gasteiger partial charge < -0.3 is 14.6 Å². The maximum Gasteiger partial charge on any atom is 0.306 e. The van der Waals surface area contributed by atoms with Gasteiger partial charge in [-0.3, -0.25) is 9.59 Å². The molecular weight excluding hydrogens is 645 g/mol. The van der Waals surface area contributed by atoms with Crippen molar-refractivity contribution < 1.29 is 24.2 Å². The first kappa shape index (κ1) is 49.9. The SMILES string of the molecule is CCCCC/C=C\C/C=C\C/C=C\CCCCCCCCC(=O)OC(CO)COC(=O)CCCCCCCCCCC/C=C\CCCCCCCC. The molecule has 0 rings (SSSR count). The highest BCUT2D eigenvalue weighted by atomic mass is 16.6. The molecule has 0 aliphatic rings. The molecule has 0 heterocycles. The fourth-order valence-electron chi connectivity index (χ4n) is 6.20. The van der Waals surface area contributed by atoms with Crippen molar-refractivity contribution >= 4 is 11.9 Å². The van der Waals surface area contributed by atoms with Gasteiger partial charge >= 0.3 is 11.9 Å². The van der Waals surface area contributed by atoms with E-state index in [2.05, 4.69) is 62.5 Å². The lowest BCUT2D eigenvalue weighted by atomic mass is 10.1. The second kappa shape index (κ2) is 43.3. The number of carbonyl (C=O) groups is 2. The number of ether oxygens (including phenoxy) is 2. The number of hydrogen-bond donors (Lipinski definition) is 1. The molecule has 1 N–H and O–H groups in total. The zero-order valence-corrected chi connectivity index (χ0v) is 34.3. The van der Waals surface area contributed by atoms with Gasteiger partial charge in [0.25, 0.3) is 0 Å². The average Bonchev–Trinajstić information content (AvgIpc) is 3.15. The number of hydrogen-bond acceptors (Lipinski definition) is 5. The van der Waals surface area contributed by atoms with Gasteiger partial charge in [-0.25, -0.2) is 0 Å². The molecule has 0 aromatic rings. The largest absolute Gasteiger partial charge is 0.462 e. The van der Waals surface area contributed by atoms with Crippen LogP contribution in [0.4, 0.5) is 0 Å². The molecule has 0 bridgehead atoms. The van der Waals surface area contributed by atoms with Crippen molar-refractivity contribution in [1.29, 1.82) is 0 Å². The van der Waals surface area contributed by atoms with Crippen LogP contribution in [0.1, 0.15) is 219 Å². The summed E-state index contributed by atoms with van der Waals surface area (Å²) in [5.41, 5.74) is 0. The van der Waals surface area contributed by atoms with Gasteiger partial charge in [-0.1, -0.05) is 178 Å². The van der Waals surface area contributed by atoms with E-state index in [4.69, 9.17) is 9.47 Å². The molecule has 0 aliphatic carbocycles. The number of unbranched alkanes of at least 4 members (excludes halogenated alkanes) is 24. The van der Waals surface area contributed by atoms with E-state index in [1.807, 2.05) is 0 Å². The Hall–Kier alpha value is -2.14. The molecule has 0 fully saturated rings. The molecule has 5 heteroatoms. The van der Waals surface area contributed by atoms with E-state index in [9.17, 15) is 14.7 Å². The summed E-state index contributed by atoms with van der Waals surface area (Å²) in [6, 6.07) is 0. The van der Waals surface area contributed by atoms with Crippen LogP contribution in [0.15, 0.2) is 48.6 Å². The molecule has 0 saturated heterocycles. The van der Waals surface area contributed by atoms with Gasteiger partial charge in [-0.2, -0.15) is 0 Å². The van der Waals surface area contributed by atoms with E-state index in [0.29, 0.717) is 12.8 Å². The van der Waals surface area contributed by atoms with Crippen LogP contribution in [0.3, 0.4) is 0 Å². The number of allylic oxidation sites excluding steroid dienone is 8. The Morgan fingerprint density at radius 2 is 0.769 bits per heavy atom. The van der Waals surface area contributed by atoms with Crippen molar-refractivity contribution in [3.63, 3.8) is 0 Å². The van der Waals surface area contributed by atoms with Crippen molar-refractivity contribution in [2.75, 3.05) is 13.2 Å². The maximum absolute atomic E-state index is 12.2. The Balaban J connectivity index is 3.56. The van der Waals surface area contributed by atoms with Gasteiger partial charge in [0, 0.05) is 12.8 Å². The molecular formula is C47H84O5. The summed E-state index contributed by atoms with van der Waals surface area (Å²) in [5.74, 6) is -0.604. The van der Waals surface area contributed by atoms with E-state index in [1.165, 1.54) is 135 Å². The van der Waals surface area contributed by atoms with Crippen LogP contribution in [0, 0.1) is 0 Å². The minimum Gasteiger partial charge on any atom is -0.462 e. The molecule has 0 aromatic heterocycles. The van der Waals surface area contributed by atoms with Crippen LogP contribution < -0.4 is 0 Å². The van der Waals surface area contributed by atoms with E-state index < -0.39 is 6.10 Å². The molecule has 0 spiro atoms. The Morgan fingerprint density at radius 1 is 0.442 bits per heavy atom. The van der Waals surface area contributed by atoms with Crippen LogP contribution in [-0.4, -0.2) is 36.4 Å². The van der Waals surface area contributed by atoms with Gasteiger partial charge in [0.15, 0.2) is 6.10 Å². The zero-order chi connectivity index (χ0) is 37.8. The lowest BCUT2D eigenvalue weighted by molar-refractivity contribution is -0.161. The van der Waals surface area contributed by atoms with Crippen LogP contribution in [-0.2, 0) is 19.1 Å². The molecule has 0 aliphatic heterocycles. The summed E-state index contributed by atoms with van der Waals surface area (Å²) >= 11 is 0. The molecule has 0 saturated carbocycles. The summed E-state index contributed by atoms with van der Waals surface area (Å²) in [7, 11) is 0. The summed E-state index contributed by atoms with van der Waals surface area (Å²) in [6.07, 6.45) is 54.6. The van der Waals surface area contributed by atoms with Crippen molar-refractivity contribution in [3.05, 3.63) is 48.6 Å². The first-order chi connectivity index (χ1) is 25.6. The van der Waals surface area contributed by atoms with Crippen LogP contribution in [0.25, 0.3) is 0 Å². The Labute approximate surface area is 322 Å². The quantitative estimate of drug-likeness (QED) is 0.0386. The van der Waals surface area contributed by atoms with Crippen molar-refractivity contribution in [2.45, 2.75) is 225 Å². The van der Waals surface area contributed by atoms with Crippen molar-refractivity contribution in [3.8, 4) is 0 Å². The zero-order valence-electron chi connectivity index (χ0n) is 34.3. The lowest BCUT2D eigenvalue weighted by Crippen LogP contribution is -2.28. The monoisotopic (exact) mass is 729 g/mol. The van der Waals surface area contributed by atoms with E-state index in [0.717, 1.165) is 57.8 Å². The standard InChI is InChI=1S/C47H84O5/c1-3-5-7-9-11-13-15-17-19-21-23-25-27-29-31-33-35-37-39-41-46(49)51-44-45(43-48)52-47(50)42-40-38-36-34-32-30-28-26-24-22-20-18-16-14-12-10-8-6-4-2/h12,14,17-20,24,26,45,48H,3-11,13,15-16,21-23,25,27-44H2,1-2H3/b14-12-,19-17-,20-18-,26-24-. The predicted octanol–water partition coefficient (Wildman–Crippen LogP) is 14.2. The number of esters is 2. The van der Waals surface area contributed by atoms with Crippen LogP contribution in [0.5, 0.6) is 0 Å². The molecule has 0 aromatic carbocycles. The van der Waals surface area contributed by atoms with Gasteiger partial charge in [0.1, 0.15) is 6.61 Å². The first-order valence-corrected chi connectivity index (χ1v) is 22.2. The molecule has 0 amide bonds. The minimum absolute atomic E-state index is 0.0722. The summed E-state index contributed by atoms with van der Waals surface area (Å²) in [4.78, 5) is 24.3. The number of aliphatic hydroxyl groups is 1. The predicted molar refractivity (Wildman–Crippen MR) is 224 cm³/mol. The third kappa shape index (κ3) is 40.6. The van der Waals surface area contributed by atoms with E-state index >= 15 is 0 Å². The lowest BCUT2D eigenvalue weighted by Gasteiger charge is -2.15. The third-order valence-electron chi connectivity index (χ3n) is 9.60. The number of aliphatic hydroxyl groups excluding tert-OH is 1. The maximum atomic E-state index is 12.2. The average molecular weight is 729 g/mol. The highest BCUT2D eigenvalue weighted by Crippen LogP contribution is 2.14. The normalized spacial score (nSPS) is 12.6. The van der Waals surface area contributed by atoms with Crippen molar-refractivity contribution in [2.24, 2.45) is 0 Å². The van der Waals surface area contributed by atoms with E-state index in [-0.39, 0.29) is 25.2 Å². The van der Waals surface area contributed by atoms with Gasteiger partial charge in [-0.05, 0) is 77.0 Å². The fraction of sp³-hybridized carbons (Fsp3) is 0.787. The molecule has 52 heavy (non-hydrogen) atoms. The third-order valence-corrected chi connectivity index (χ3v) is 9.60. The summed E-state index contributed by atoms with van der Waals surface area (Å²) < 4.78 is 10.6. The van der Waals surface area contributed by atoms with Gasteiger partial charge in [0.05, 0.1) is 6.61 Å². The smallest absolute Gasteiger partial charge is 0.306 e. The van der Waals surface area contributed by atoms with Crippen molar-refractivity contribution in [1.82, 2.24) is 0 Å².